The van der Waals surface area contributed by atoms with Crippen LogP contribution < -0.4 is 10.1 Å². The van der Waals surface area contributed by atoms with Gasteiger partial charge in [0.05, 0.1) is 18.4 Å². The van der Waals surface area contributed by atoms with Crippen molar-refractivity contribution in [2.24, 2.45) is 0 Å². The van der Waals surface area contributed by atoms with Crippen LogP contribution in [-0.4, -0.2) is 35.1 Å². The number of halogens is 3. The Labute approximate surface area is 202 Å². The van der Waals surface area contributed by atoms with Gasteiger partial charge in [-0.2, -0.15) is 4.39 Å². The van der Waals surface area contributed by atoms with E-state index in [1.807, 2.05) is 13.0 Å². The number of hydrogen-bond acceptors (Lipinski definition) is 6. The molecule has 33 heavy (non-hydrogen) atoms. The summed E-state index contributed by atoms with van der Waals surface area (Å²) in [6.45, 7) is 8.98. The van der Waals surface area contributed by atoms with Gasteiger partial charge in [-0.25, -0.2) is 4.79 Å². The number of methoxy groups -OCH3 is 1. The van der Waals surface area contributed by atoms with Gasteiger partial charge in [-0.3, -0.25) is 9.59 Å². The van der Waals surface area contributed by atoms with Crippen LogP contribution in [0.5, 0.6) is 5.75 Å². The molecule has 10 heteroatoms. The summed E-state index contributed by atoms with van der Waals surface area (Å²) in [7, 11) is 1.45. The topological polar surface area (TPSA) is 90.9 Å². The highest BCUT2D eigenvalue weighted by Crippen LogP contribution is 2.42. The van der Waals surface area contributed by atoms with E-state index in [0.29, 0.717) is 28.9 Å². The van der Waals surface area contributed by atoms with Gasteiger partial charge in [-0.1, -0.05) is 34.9 Å². The number of rotatable bonds is 8. The number of fused-ring (bicyclic) bond motifs is 1. The lowest BCUT2D eigenvalue weighted by molar-refractivity contribution is -0.154. The van der Waals surface area contributed by atoms with Crippen LogP contribution in [0.15, 0.2) is 11.6 Å². The largest absolute Gasteiger partial charge is 0.496 e. The minimum absolute atomic E-state index is 0.00716. The fraction of sp³-hybridized carbons (Fsp3) is 0.522. The maximum Gasteiger partial charge on any atom is 0.341 e. The number of hydrogen-bond donors (Lipinski definition) is 1. The molecular formula is C23H28Cl2FNO6. The maximum absolute atomic E-state index is 13.8. The van der Waals surface area contributed by atoms with Gasteiger partial charge in [0.25, 0.3) is 5.91 Å². The van der Waals surface area contributed by atoms with Crippen molar-refractivity contribution < 1.29 is 33.0 Å². The van der Waals surface area contributed by atoms with Crippen molar-refractivity contribution in [2.75, 3.05) is 12.4 Å². The first-order chi connectivity index (χ1) is 15.2. The van der Waals surface area contributed by atoms with E-state index in [9.17, 15) is 18.8 Å². The normalized spacial score (nSPS) is 14.0. The average Bonchev–Trinajstić information content (AvgIpc) is 3.06. The molecular weight excluding hydrogens is 476 g/mol. The van der Waals surface area contributed by atoms with Gasteiger partial charge < -0.3 is 19.5 Å². The summed E-state index contributed by atoms with van der Waals surface area (Å²) in [5, 5.41) is 2.32. The molecule has 1 aromatic carbocycles. The minimum atomic E-state index is -3.20. The molecule has 0 aromatic heterocycles. The summed E-state index contributed by atoms with van der Waals surface area (Å²) in [5.74, 6) is -1.91. The van der Waals surface area contributed by atoms with Gasteiger partial charge in [-0.15, -0.1) is 0 Å². The molecule has 182 valence electrons. The quantitative estimate of drug-likeness (QED) is 0.293. The highest BCUT2D eigenvalue weighted by Gasteiger charge is 2.38. The number of carbonyl (C=O) groups excluding carboxylic acids is 3. The van der Waals surface area contributed by atoms with Crippen molar-refractivity contribution in [3.63, 3.8) is 0 Å². The van der Waals surface area contributed by atoms with E-state index in [0.717, 1.165) is 5.57 Å². The van der Waals surface area contributed by atoms with E-state index in [2.05, 4.69) is 5.32 Å². The van der Waals surface area contributed by atoms with Gasteiger partial charge in [-0.05, 0) is 53.0 Å². The second kappa shape index (κ2) is 10.3. The Balaban J connectivity index is 2.40. The first-order valence-corrected chi connectivity index (χ1v) is 11.1. The predicted molar refractivity (Wildman–Crippen MR) is 124 cm³/mol. The van der Waals surface area contributed by atoms with E-state index in [-0.39, 0.29) is 36.7 Å². The number of benzene rings is 1. The summed E-state index contributed by atoms with van der Waals surface area (Å²) in [4.78, 5) is 36.6. The van der Waals surface area contributed by atoms with E-state index in [1.54, 1.807) is 27.7 Å². The first kappa shape index (κ1) is 26.9. The predicted octanol–water partition coefficient (Wildman–Crippen LogP) is 5.32. The Morgan fingerprint density at radius 2 is 1.88 bits per heavy atom. The number of cyclic esters (lactones) is 1. The summed E-state index contributed by atoms with van der Waals surface area (Å²) >= 11 is 10.6. The zero-order chi connectivity index (χ0) is 25.1. The van der Waals surface area contributed by atoms with Crippen LogP contribution in [-0.2, 0) is 32.1 Å². The molecule has 1 amide bonds. The number of allylic oxidation sites excluding steroid dienone is 2. The summed E-state index contributed by atoms with van der Waals surface area (Å²) in [6.07, 6.45) is 2.68. The zero-order valence-electron chi connectivity index (χ0n) is 19.5. The van der Waals surface area contributed by atoms with Crippen LogP contribution in [0.25, 0.3) is 0 Å². The summed E-state index contributed by atoms with van der Waals surface area (Å²) in [6, 6.07) is 0. The van der Waals surface area contributed by atoms with Crippen LogP contribution >= 0.6 is 23.2 Å². The van der Waals surface area contributed by atoms with Crippen molar-refractivity contribution in [3.05, 3.63) is 33.9 Å². The van der Waals surface area contributed by atoms with Crippen LogP contribution in [0.2, 0.25) is 0 Å². The lowest BCUT2D eigenvalue weighted by Gasteiger charge is -2.21. The molecule has 1 heterocycles. The zero-order valence-corrected chi connectivity index (χ0v) is 21.0. The number of ether oxygens (including phenoxy) is 3. The summed E-state index contributed by atoms with van der Waals surface area (Å²) < 4.78 is 26.6. The molecule has 1 aromatic rings. The third-order valence-electron chi connectivity index (χ3n) is 4.97. The molecule has 0 saturated carbocycles. The van der Waals surface area contributed by atoms with E-state index in [1.165, 1.54) is 7.11 Å². The van der Waals surface area contributed by atoms with Crippen molar-refractivity contribution in [1.82, 2.24) is 0 Å². The van der Waals surface area contributed by atoms with Crippen molar-refractivity contribution >= 4 is 46.7 Å². The molecule has 1 N–H and O–H groups in total. The smallest absolute Gasteiger partial charge is 0.341 e. The molecule has 1 aliphatic heterocycles. The Morgan fingerprint density at radius 1 is 1.24 bits per heavy atom. The molecule has 2 rings (SSSR count). The lowest BCUT2D eigenvalue weighted by atomic mass is 9.93. The fourth-order valence-electron chi connectivity index (χ4n) is 3.45. The highest BCUT2D eigenvalue weighted by molar-refractivity contribution is 6.57. The van der Waals surface area contributed by atoms with Gasteiger partial charge in [0.1, 0.15) is 18.0 Å². The third-order valence-corrected chi connectivity index (χ3v) is 5.31. The second-order valence-electron chi connectivity index (χ2n) is 8.73. The second-order valence-corrected chi connectivity index (χ2v) is 9.97. The van der Waals surface area contributed by atoms with Crippen LogP contribution in [0.1, 0.15) is 67.6 Å². The molecule has 0 unspecified atom stereocenters. The third kappa shape index (κ3) is 6.84. The maximum atomic E-state index is 13.8. The Hall–Kier alpha value is -2.32. The van der Waals surface area contributed by atoms with Crippen LogP contribution in [0.4, 0.5) is 10.1 Å². The van der Waals surface area contributed by atoms with Gasteiger partial charge in [0.2, 0.25) is 0 Å². The number of amides is 1. The fourth-order valence-corrected chi connectivity index (χ4v) is 3.54. The molecule has 0 saturated heterocycles. The number of alkyl halides is 3. The number of esters is 2. The first-order valence-electron chi connectivity index (χ1n) is 10.3. The van der Waals surface area contributed by atoms with Crippen molar-refractivity contribution in [2.45, 2.75) is 70.7 Å². The number of anilines is 1. The molecule has 0 atom stereocenters. The van der Waals surface area contributed by atoms with E-state index >= 15 is 0 Å². The van der Waals surface area contributed by atoms with Gasteiger partial charge in [0, 0.05) is 17.5 Å². The van der Waals surface area contributed by atoms with Gasteiger partial charge >= 0.3 is 16.5 Å². The monoisotopic (exact) mass is 503 g/mol. The molecule has 0 spiro atoms. The van der Waals surface area contributed by atoms with Crippen molar-refractivity contribution in [3.8, 4) is 5.75 Å². The number of carbonyl (C=O) groups is 3. The molecule has 0 aliphatic carbocycles. The molecule has 0 bridgehead atoms. The average molecular weight is 504 g/mol. The van der Waals surface area contributed by atoms with Crippen molar-refractivity contribution in [1.29, 1.82) is 0 Å². The van der Waals surface area contributed by atoms with Gasteiger partial charge in [0.15, 0.2) is 0 Å². The Bertz CT molecular complexity index is 992. The Kier molecular flexibility index (Phi) is 8.41. The van der Waals surface area contributed by atoms with E-state index < -0.39 is 22.1 Å². The molecule has 0 radical (unpaired) electrons. The highest BCUT2D eigenvalue weighted by atomic mass is 35.5. The molecule has 0 fully saturated rings. The standard InChI is InChI=1S/C23H28Cl2FNO6/c1-12(8-10-16(28)33-22(3,4)5)7-9-14-18(27-21(30)23(24,25)26)17-15(11-32-20(17)29)13(2)19(14)31-6/h7H,8-11H2,1-6H3,(H,27,30)/b12-7+. The molecule has 7 nitrogen and oxygen atoms in total. The summed E-state index contributed by atoms with van der Waals surface area (Å²) in [5.41, 5.74) is 2.05. The Morgan fingerprint density at radius 3 is 2.42 bits per heavy atom. The minimum Gasteiger partial charge on any atom is -0.496 e. The van der Waals surface area contributed by atoms with Crippen LogP contribution in [0, 0.1) is 6.92 Å². The van der Waals surface area contributed by atoms with Crippen LogP contribution in [0.3, 0.4) is 0 Å². The number of nitrogens with one attached hydrogen (secondary N) is 1. The molecule has 1 aliphatic rings. The SMILES string of the molecule is COc1c(C)c2c(c(NC(=O)C(F)(Cl)Cl)c1C/C=C(\C)CCC(=O)OC(C)(C)C)C(=O)OC2. The lowest BCUT2D eigenvalue weighted by Crippen LogP contribution is -2.29. The van der Waals surface area contributed by atoms with E-state index in [4.69, 9.17) is 37.4 Å².